The van der Waals surface area contributed by atoms with Crippen molar-refractivity contribution in [2.24, 2.45) is 0 Å². The normalized spacial score (nSPS) is 13.8. The highest BCUT2D eigenvalue weighted by molar-refractivity contribution is 6.07. The highest BCUT2D eigenvalue weighted by atomic mass is 79.9. The minimum Gasteiger partial charge on any atom is -1.00 e. The summed E-state index contributed by atoms with van der Waals surface area (Å²) in [6, 6.07) is 49.2. The van der Waals surface area contributed by atoms with Gasteiger partial charge in [0.25, 0.3) is 0 Å². The first-order valence-corrected chi connectivity index (χ1v) is 20.9. The Bertz CT molecular complexity index is 3330. The molecule has 0 saturated heterocycles. The SMILES string of the molecule is Fc1cc(-c2c3c(cc4ccccc24)-c2cc4ccccc4c(-c4cc(F)c(F)c(F)c4)c2C[N+]2(Cc4cc5ccccc5cc4-c4cc5ccccc5cc4C2)C3)cc(F)c1F.[Br-]. The van der Waals surface area contributed by atoms with Gasteiger partial charge in [-0.1, -0.05) is 97.1 Å². The fourth-order valence-electron chi connectivity index (χ4n) is 10.7. The van der Waals surface area contributed by atoms with Gasteiger partial charge in [-0.05, 0) is 148 Å². The molecular weight excluding hydrogens is 881 g/mol. The first-order chi connectivity index (χ1) is 30.6. The lowest BCUT2D eigenvalue weighted by molar-refractivity contribution is -0.977. The van der Waals surface area contributed by atoms with Crippen molar-refractivity contribution in [1.82, 2.24) is 0 Å². The molecule has 0 atom stereocenters. The summed E-state index contributed by atoms with van der Waals surface area (Å²) in [5, 5.41) is 7.38. The van der Waals surface area contributed by atoms with E-state index in [2.05, 4.69) is 60.7 Å². The summed E-state index contributed by atoms with van der Waals surface area (Å²) in [5.74, 6) is -8.28. The van der Waals surface area contributed by atoms with Gasteiger partial charge in [0.05, 0.1) is 0 Å². The molecule has 0 aromatic heterocycles. The lowest BCUT2D eigenvalue weighted by Gasteiger charge is -2.39. The van der Waals surface area contributed by atoms with Crippen LogP contribution in [-0.2, 0) is 26.2 Å². The van der Waals surface area contributed by atoms with Crippen molar-refractivity contribution in [3.05, 3.63) is 215 Å². The summed E-state index contributed by atoms with van der Waals surface area (Å²) in [7, 11) is 0. The van der Waals surface area contributed by atoms with Crippen LogP contribution in [0.5, 0.6) is 0 Å². The number of halogens is 7. The Morgan fingerprint density at radius 1 is 0.328 bits per heavy atom. The molecule has 0 bridgehead atoms. The van der Waals surface area contributed by atoms with Crippen LogP contribution in [0.25, 0.3) is 87.6 Å². The maximum atomic E-state index is 15.5. The monoisotopic (exact) mass is 913 g/mol. The van der Waals surface area contributed by atoms with E-state index in [0.717, 1.165) is 112 Å². The van der Waals surface area contributed by atoms with E-state index in [1.165, 1.54) is 0 Å². The lowest BCUT2D eigenvalue weighted by atomic mass is 9.83. The van der Waals surface area contributed by atoms with Crippen LogP contribution in [0.15, 0.2) is 158 Å². The summed E-state index contributed by atoms with van der Waals surface area (Å²) in [4.78, 5) is 0. The Kier molecular flexibility index (Phi) is 9.35. The topological polar surface area (TPSA) is 0 Å². The standard InChI is InChI=1S/C56H34F6N.BrH/c57-49-23-37(24-50(58)55(49)61)53-41-15-7-5-13-35(41)21-45-46-22-36-14-6-8-16-42(36)54(38-25-51(59)56(62)52(60)26-38)48(46)30-63(29-47(45)53)27-39-17-31-9-1-3-11-33(31)19-43(39)44-20-34-12-4-2-10-32(34)18-40(44)28-63;/h1-26H,27-30H2;1H/q+1;/p-1. The Balaban J connectivity index is 0.00000456. The zero-order valence-corrected chi connectivity index (χ0v) is 35.5. The Morgan fingerprint density at radius 3 is 1.02 bits per heavy atom. The molecule has 2 heterocycles. The Morgan fingerprint density at radius 2 is 0.641 bits per heavy atom. The van der Waals surface area contributed by atoms with Crippen LogP contribution in [0.2, 0.25) is 0 Å². The van der Waals surface area contributed by atoms with Gasteiger partial charge in [0, 0.05) is 22.3 Å². The number of rotatable bonds is 2. The van der Waals surface area contributed by atoms with Gasteiger partial charge in [0.15, 0.2) is 34.9 Å². The number of fused-ring (bicyclic) bond motifs is 10. The quantitative estimate of drug-likeness (QED) is 0.0921. The van der Waals surface area contributed by atoms with Crippen molar-refractivity contribution in [3.63, 3.8) is 0 Å². The second-order valence-corrected chi connectivity index (χ2v) is 17.2. The van der Waals surface area contributed by atoms with Crippen molar-refractivity contribution in [1.29, 1.82) is 0 Å². The Hall–Kier alpha value is -6.74. The zero-order chi connectivity index (χ0) is 42.7. The van der Waals surface area contributed by atoms with E-state index >= 15 is 17.6 Å². The summed E-state index contributed by atoms with van der Waals surface area (Å²) >= 11 is 0. The van der Waals surface area contributed by atoms with Gasteiger partial charge in [-0.3, -0.25) is 0 Å². The molecular formula is C56H34BrF6N. The molecule has 0 fully saturated rings. The first-order valence-electron chi connectivity index (χ1n) is 20.9. The average molecular weight is 915 g/mol. The number of hydrogen-bond acceptors (Lipinski definition) is 0. The third-order valence-electron chi connectivity index (χ3n) is 13.4. The molecule has 0 N–H and O–H groups in total. The van der Waals surface area contributed by atoms with Crippen molar-refractivity contribution >= 4 is 43.1 Å². The molecule has 2 aliphatic rings. The van der Waals surface area contributed by atoms with E-state index in [1.807, 2.05) is 72.8 Å². The van der Waals surface area contributed by atoms with Crippen molar-refractivity contribution < 1.29 is 47.8 Å². The van der Waals surface area contributed by atoms with Gasteiger partial charge in [-0.25, -0.2) is 26.3 Å². The number of hydrogen-bond donors (Lipinski definition) is 0. The second kappa shape index (κ2) is 14.9. The number of nitrogens with zero attached hydrogens (tertiary/aromatic N) is 1. The van der Waals surface area contributed by atoms with Crippen LogP contribution >= 0.6 is 0 Å². The van der Waals surface area contributed by atoms with E-state index in [1.54, 1.807) is 0 Å². The first kappa shape index (κ1) is 40.1. The van der Waals surface area contributed by atoms with E-state index in [-0.39, 0.29) is 28.1 Å². The number of benzene rings is 10. The summed E-state index contributed by atoms with van der Waals surface area (Å²) in [5.41, 5.74) is 9.03. The van der Waals surface area contributed by atoms with Crippen LogP contribution < -0.4 is 17.0 Å². The molecule has 0 radical (unpaired) electrons. The van der Waals surface area contributed by atoms with Crippen LogP contribution in [0.3, 0.4) is 0 Å². The molecule has 0 aliphatic carbocycles. The van der Waals surface area contributed by atoms with Crippen LogP contribution in [-0.4, -0.2) is 4.48 Å². The predicted octanol–water partition coefficient (Wildman–Crippen LogP) is 12.4. The minimum absolute atomic E-state index is 0. The summed E-state index contributed by atoms with van der Waals surface area (Å²) in [6.45, 7) is 1.71. The molecule has 0 saturated carbocycles. The maximum Gasteiger partial charge on any atom is 0.194 e. The Labute approximate surface area is 374 Å². The van der Waals surface area contributed by atoms with Gasteiger partial charge in [0.2, 0.25) is 0 Å². The van der Waals surface area contributed by atoms with E-state index < -0.39 is 34.9 Å². The highest BCUT2D eigenvalue weighted by Gasteiger charge is 2.41. The lowest BCUT2D eigenvalue weighted by Crippen LogP contribution is -3.00. The van der Waals surface area contributed by atoms with E-state index in [0.29, 0.717) is 41.8 Å². The molecule has 0 unspecified atom stereocenters. The van der Waals surface area contributed by atoms with Crippen molar-refractivity contribution in [3.8, 4) is 44.5 Å². The largest absolute Gasteiger partial charge is 1.00 e. The fourth-order valence-corrected chi connectivity index (χ4v) is 10.7. The smallest absolute Gasteiger partial charge is 0.194 e. The third-order valence-corrected chi connectivity index (χ3v) is 13.4. The summed E-state index contributed by atoms with van der Waals surface area (Å²) < 4.78 is 91.8. The van der Waals surface area contributed by atoms with Crippen LogP contribution in [0.4, 0.5) is 26.3 Å². The molecule has 12 rings (SSSR count). The maximum absolute atomic E-state index is 15.5. The molecule has 312 valence electrons. The van der Waals surface area contributed by atoms with Crippen LogP contribution in [0, 0.1) is 34.9 Å². The highest BCUT2D eigenvalue weighted by Crippen LogP contribution is 2.52. The van der Waals surface area contributed by atoms with Gasteiger partial charge in [0.1, 0.15) is 26.2 Å². The molecule has 10 aromatic rings. The predicted molar refractivity (Wildman–Crippen MR) is 239 cm³/mol. The van der Waals surface area contributed by atoms with E-state index in [4.69, 9.17) is 0 Å². The molecule has 1 spiro atoms. The molecule has 64 heavy (non-hydrogen) atoms. The molecule has 1 nitrogen and oxygen atoms in total. The minimum atomic E-state index is -1.55. The van der Waals surface area contributed by atoms with Gasteiger partial charge in [-0.2, -0.15) is 0 Å². The molecule has 0 amide bonds. The van der Waals surface area contributed by atoms with E-state index in [9.17, 15) is 8.78 Å². The number of quaternary nitrogens is 1. The van der Waals surface area contributed by atoms with Crippen LogP contribution in [0.1, 0.15) is 22.3 Å². The third kappa shape index (κ3) is 6.26. The summed E-state index contributed by atoms with van der Waals surface area (Å²) in [6.07, 6.45) is 0. The molecule has 10 aromatic carbocycles. The van der Waals surface area contributed by atoms with Crippen molar-refractivity contribution in [2.75, 3.05) is 0 Å². The fraction of sp³-hybridized carbons (Fsp3) is 0.0714. The van der Waals surface area contributed by atoms with Gasteiger partial charge >= 0.3 is 0 Å². The average Bonchev–Trinajstić information content (AvgIpc) is 3.49. The van der Waals surface area contributed by atoms with Gasteiger partial charge in [-0.15, -0.1) is 0 Å². The molecule has 2 aliphatic heterocycles. The zero-order valence-electron chi connectivity index (χ0n) is 33.9. The molecule has 8 heteroatoms. The van der Waals surface area contributed by atoms with Crippen molar-refractivity contribution in [2.45, 2.75) is 26.2 Å². The van der Waals surface area contributed by atoms with Gasteiger partial charge < -0.3 is 21.5 Å². The second-order valence-electron chi connectivity index (χ2n) is 17.2.